The highest BCUT2D eigenvalue weighted by Crippen LogP contribution is 2.35. The van der Waals surface area contributed by atoms with E-state index in [2.05, 4.69) is 26.1 Å². The van der Waals surface area contributed by atoms with E-state index in [0.29, 0.717) is 31.3 Å². The molecule has 1 N–H and O–H groups in total. The molecule has 20 heavy (non-hydrogen) atoms. The van der Waals surface area contributed by atoms with Gasteiger partial charge in [0.15, 0.2) is 0 Å². The molecule has 0 saturated carbocycles. The first-order valence-electron chi connectivity index (χ1n) is 6.98. The maximum absolute atomic E-state index is 12.5. The van der Waals surface area contributed by atoms with Gasteiger partial charge in [0.2, 0.25) is 5.09 Å². The van der Waals surface area contributed by atoms with Crippen LogP contribution in [0.5, 0.6) is 0 Å². The number of furan rings is 1. The van der Waals surface area contributed by atoms with Crippen LogP contribution in [0.1, 0.15) is 33.0 Å². The van der Waals surface area contributed by atoms with E-state index in [-0.39, 0.29) is 10.5 Å². The van der Waals surface area contributed by atoms with Gasteiger partial charge in [0.1, 0.15) is 5.76 Å². The second-order valence-electron chi connectivity index (χ2n) is 6.47. The lowest BCUT2D eigenvalue weighted by molar-refractivity contribution is 0.251. The summed E-state index contributed by atoms with van der Waals surface area (Å²) < 4.78 is 32.0. The van der Waals surface area contributed by atoms with Gasteiger partial charge in [-0.25, -0.2) is 8.42 Å². The largest absolute Gasteiger partial charge is 0.447 e. The summed E-state index contributed by atoms with van der Waals surface area (Å²) in [5.74, 6) is 1.03. The molecule has 5 nitrogen and oxygen atoms in total. The number of rotatable bonds is 4. The molecule has 114 valence electrons. The third-order valence-electron chi connectivity index (χ3n) is 3.96. The Morgan fingerprint density at radius 1 is 1.40 bits per heavy atom. The molecule has 2 rings (SSSR count). The van der Waals surface area contributed by atoms with Crippen molar-refractivity contribution >= 4 is 10.0 Å². The van der Waals surface area contributed by atoms with Crippen LogP contribution < -0.4 is 5.32 Å². The van der Waals surface area contributed by atoms with Gasteiger partial charge < -0.3 is 9.73 Å². The number of nitrogens with zero attached hydrogens (tertiary/aromatic N) is 1. The fraction of sp³-hybridized carbons (Fsp3) is 0.714. The third-order valence-corrected chi connectivity index (χ3v) is 5.70. The normalized spacial score (nSPS) is 21.5. The zero-order valence-corrected chi connectivity index (χ0v) is 13.5. The van der Waals surface area contributed by atoms with Gasteiger partial charge in [0, 0.05) is 13.1 Å². The SMILES string of the molecule is CNCc1ccc(S(=O)(=O)N2CCC(C(C)(C)C)C2)o1. The predicted octanol–water partition coefficient (Wildman–Crippen LogP) is 2.06. The van der Waals surface area contributed by atoms with Gasteiger partial charge in [-0.05, 0) is 36.9 Å². The molecule has 1 aliphatic heterocycles. The Morgan fingerprint density at radius 2 is 2.10 bits per heavy atom. The molecule has 1 atom stereocenters. The van der Waals surface area contributed by atoms with Crippen LogP contribution in [-0.4, -0.2) is 32.9 Å². The van der Waals surface area contributed by atoms with Gasteiger partial charge in [-0.2, -0.15) is 4.31 Å². The van der Waals surface area contributed by atoms with E-state index >= 15 is 0 Å². The van der Waals surface area contributed by atoms with Crippen molar-refractivity contribution < 1.29 is 12.8 Å². The first-order valence-corrected chi connectivity index (χ1v) is 8.42. The van der Waals surface area contributed by atoms with Gasteiger partial charge >= 0.3 is 0 Å². The van der Waals surface area contributed by atoms with Crippen molar-refractivity contribution in [2.75, 3.05) is 20.1 Å². The Kier molecular flexibility index (Phi) is 4.27. The minimum atomic E-state index is -3.49. The minimum Gasteiger partial charge on any atom is -0.447 e. The Morgan fingerprint density at radius 3 is 2.65 bits per heavy atom. The predicted molar refractivity (Wildman–Crippen MR) is 77.8 cm³/mol. The van der Waals surface area contributed by atoms with E-state index in [1.807, 2.05) is 0 Å². The molecule has 2 heterocycles. The van der Waals surface area contributed by atoms with Gasteiger partial charge in [-0.3, -0.25) is 0 Å². The van der Waals surface area contributed by atoms with E-state index in [1.54, 1.807) is 23.5 Å². The second kappa shape index (κ2) is 5.50. The first kappa shape index (κ1) is 15.5. The molecule has 1 saturated heterocycles. The number of nitrogens with one attached hydrogen (secondary N) is 1. The Balaban J connectivity index is 2.15. The summed E-state index contributed by atoms with van der Waals surface area (Å²) in [5, 5.41) is 3.00. The summed E-state index contributed by atoms with van der Waals surface area (Å²) in [6, 6.07) is 3.26. The van der Waals surface area contributed by atoms with E-state index in [0.717, 1.165) is 6.42 Å². The number of hydrogen-bond donors (Lipinski definition) is 1. The summed E-state index contributed by atoms with van der Waals surface area (Å²) in [5.41, 5.74) is 0.130. The van der Waals surface area contributed by atoms with E-state index in [9.17, 15) is 8.42 Å². The minimum absolute atomic E-state index is 0.0531. The van der Waals surface area contributed by atoms with Crippen LogP contribution in [0.4, 0.5) is 0 Å². The molecular formula is C14H24N2O3S. The lowest BCUT2D eigenvalue weighted by Gasteiger charge is -2.26. The lowest BCUT2D eigenvalue weighted by atomic mass is 9.80. The summed E-state index contributed by atoms with van der Waals surface area (Å²) in [4.78, 5) is 0. The molecule has 1 aliphatic rings. The molecule has 0 radical (unpaired) electrons. The highest BCUT2D eigenvalue weighted by atomic mass is 32.2. The van der Waals surface area contributed by atoms with Gasteiger partial charge in [0.05, 0.1) is 6.54 Å². The second-order valence-corrected chi connectivity index (χ2v) is 8.33. The molecule has 0 spiro atoms. The van der Waals surface area contributed by atoms with Crippen molar-refractivity contribution in [2.24, 2.45) is 11.3 Å². The Hall–Kier alpha value is -0.850. The molecule has 1 aromatic rings. The van der Waals surface area contributed by atoms with Crippen molar-refractivity contribution in [3.8, 4) is 0 Å². The Labute approximate surface area is 121 Å². The van der Waals surface area contributed by atoms with Crippen molar-refractivity contribution in [2.45, 2.75) is 38.8 Å². The van der Waals surface area contributed by atoms with Crippen LogP contribution in [0.15, 0.2) is 21.6 Å². The van der Waals surface area contributed by atoms with Crippen LogP contribution in [-0.2, 0) is 16.6 Å². The first-order chi connectivity index (χ1) is 9.25. The van der Waals surface area contributed by atoms with Crippen LogP contribution in [0.3, 0.4) is 0 Å². The molecule has 0 amide bonds. The molecule has 1 unspecified atom stereocenters. The quantitative estimate of drug-likeness (QED) is 0.924. The zero-order chi connectivity index (χ0) is 15.0. The zero-order valence-electron chi connectivity index (χ0n) is 12.6. The molecule has 1 fully saturated rings. The van der Waals surface area contributed by atoms with Crippen LogP contribution in [0.2, 0.25) is 0 Å². The fourth-order valence-electron chi connectivity index (χ4n) is 2.55. The van der Waals surface area contributed by atoms with Crippen LogP contribution in [0.25, 0.3) is 0 Å². The van der Waals surface area contributed by atoms with Crippen molar-refractivity contribution in [1.29, 1.82) is 0 Å². The van der Waals surface area contributed by atoms with E-state index < -0.39 is 10.0 Å². The van der Waals surface area contributed by atoms with Crippen molar-refractivity contribution in [3.63, 3.8) is 0 Å². The smallest absolute Gasteiger partial charge is 0.276 e. The van der Waals surface area contributed by atoms with Crippen molar-refractivity contribution in [1.82, 2.24) is 9.62 Å². The maximum atomic E-state index is 12.5. The van der Waals surface area contributed by atoms with Crippen LogP contribution in [0, 0.1) is 11.3 Å². The van der Waals surface area contributed by atoms with E-state index in [4.69, 9.17) is 4.42 Å². The van der Waals surface area contributed by atoms with Gasteiger partial charge in [-0.15, -0.1) is 0 Å². The standard InChI is InChI=1S/C14H24N2O3S/c1-14(2,3)11-7-8-16(10-11)20(17,18)13-6-5-12(19-13)9-15-4/h5-6,11,15H,7-10H2,1-4H3. The maximum Gasteiger partial charge on any atom is 0.276 e. The number of hydrogen-bond acceptors (Lipinski definition) is 4. The Bertz CT molecular complexity index is 557. The molecule has 6 heteroatoms. The molecular weight excluding hydrogens is 276 g/mol. The average molecular weight is 300 g/mol. The highest BCUT2D eigenvalue weighted by molar-refractivity contribution is 7.89. The van der Waals surface area contributed by atoms with Crippen LogP contribution >= 0.6 is 0 Å². The molecule has 1 aromatic heterocycles. The van der Waals surface area contributed by atoms with Crippen molar-refractivity contribution in [3.05, 3.63) is 17.9 Å². The third kappa shape index (κ3) is 3.07. The molecule has 0 aliphatic carbocycles. The average Bonchev–Trinajstić information content (AvgIpc) is 2.97. The molecule has 0 bridgehead atoms. The van der Waals surface area contributed by atoms with E-state index in [1.165, 1.54) is 0 Å². The summed E-state index contributed by atoms with van der Waals surface area (Å²) in [7, 11) is -1.69. The number of sulfonamides is 1. The topological polar surface area (TPSA) is 62.6 Å². The molecule has 0 aromatic carbocycles. The van der Waals surface area contributed by atoms with Gasteiger partial charge in [-0.1, -0.05) is 20.8 Å². The summed E-state index contributed by atoms with van der Waals surface area (Å²) >= 11 is 0. The summed E-state index contributed by atoms with van der Waals surface area (Å²) in [6.45, 7) is 8.16. The summed E-state index contributed by atoms with van der Waals surface area (Å²) in [6.07, 6.45) is 0.910. The highest BCUT2D eigenvalue weighted by Gasteiger charge is 2.38. The lowest BCUT2D eigenvalue weighted by Crippen LogP contribution is -2.31. The fourth-order valence-corrected chi connectivity index (χ4v) is 3.98. The monoisotopic (exact) mass is 300 g/mol. The van der Waals surface area contributed by atoms with Gasteiger partial charge in [0.25, 0.3) is 10.0 Å².